The van der Waals surface area contributed by atoms with Crippen molar-refractivity contribution in [3.63, 3.8) is 0 Å². The Kier molecular flexibility index (Phi) is 2.72. The maximum absolute atomic E-state index is 10.6. The Morgan fingerprint density at radius 2 is 2.27 bits per heavy atom. The maximum atomic E-state index is 10.6. The molecule has 4 nitrogen and oxygen atoms in total. The number of aliphatic imine (C=N–C) groups is 1. The molecule has 0 radical (unpaired) electrons. The molecular formula is C5H7N3OS2. The lowest BCUT2D eigenvalue weighted by molar-refractivity contribution is 0.643. The van der Waals surface area contributed by atoms with Gasteiger partial charge in [0, 0.05) is 14.1 Å². The molecule has 1 aromatic rings. The van der Waals surface area contributed by atoms with E-state index in [0.29, 0.717) is 5.13 Å². The first-order valence-corrected chi connectivity index (χ1v) is 5.01. The molecule has 0 bridgehead atoms. The van der Waals surface area contributed by atoms with Crippen LogP contribution in [0, 0.1) is 0 Å². The summed E-state index contributed by atoms with van der Waals surface area (Å²) < 4.78 is 0. The number of aromatic nitrogens is 1. The van der Waals surface area contributed by atoms with Gasteiger partial charge in [0.05, 0.1) is 6.34 Å². The van der Waals surface area contributed by atoms with Crippen LogP contribution < -0.4 is 4.87 Å². The van der Waals surface area contributed by atoms with Crippen LogP contribution in [0.4, 0.5) is 5.13 Å². The van der Waals surface area contributed by atoms with Crippen LogP contribution in [0.15, 0.2) is 9.79 Å². The minimum atomic E-state index is -0.180. The lowest BCUT2D eigenvalue weighted by Gasteiger charge is -1.99. The van der Waals surface area contributed by atoms with Gasteiger partial charge in [-0.1, -0.05) is 0 Å². The monoisotopic (exact) mass is 189 g/mol. The SMILES string of the molecule is CN(C)/C=N/c1nc(=O)ss1. The standard InChI is InChI=1S/C5H7N3OS2/c1-8(2)3-6-4-7-5(9)11-10-4/h3H,1-2H3/b6-3+. The van der Waals surface area contributed by atoms with Gasteiger partial charge in [0.1, 0.15) is 0 Å². The van der Waals surface area contributed by atoms with Gasteiger partial charge in [-0.15, -0.1) is 0 Å². The van der Waals surface area contributed by atoms with Crippen molar-refractivity contribution in [3.05, 3.63) is 9.67 Å². The molecule has 0 saturated carbocycles. The van der Waals surface area contributed by atoms with Gasteiger partial charge < -0.3 is 4.90 Å². The zero-order chi connectivity index (χ0) is 8.27. The number of nitrogens with zero attached hydrogens (tertiary/aromatic N) is 3. The fourth-order valence-electron chi connectivity index (χ4n) is 0.404. The first-order chi connectivity index (χ1) is 5.18. The van der Waals surface area contributed by atoms with E-state index in [1.807, 2.05) is 14.1 Å². The molecule has 0 aliphatic rings. The van der Waals surface area contributed by atoms with Gasteiger partial charge in [0.2, 0.25) is 5.13 Å². The van der Waals surface area contributed by atoms with E-state index in [4.69, 9.17) is 0 Å². The van der Waals surface area contributed by atoms with Crippen molar-refractivity contribution in [2.24, 2.45) is 4.99 Å². The Morgan fingerprint density at radius 3 is 2.73 bits per heavy atom. The predicted molar refractivity (Wildman–Crippen MR) is 48.1 cm³/mol. The van der Waals surface area contributed by atoms with Crippen molar-refractivity contribution in [2.75, 3.05) is 14.1 Å². The lowest BCUT2D eigenvalue weighted by Crippen LogP contribution is -2.07. The average Bonchev–Trinajstić information content (AvgIpc) is 2.31. The molecule has 1 heterocycles. The van der Waals surface area contributed by atoms with Crippen LogP contribution in [0.1, 0.15) is 0 Å². The summed E-state index contributed by atoms with van der Waals surface area (Å²) in [5.74, 6) is 0. The molecule has 0 atom stereocenters. The molecule has 0 aromatic carbocycles. The largest absolute Gasteiger partial charge is 0.369 e. The summed E-state index contributed by atoms with van der Waals surface area (Å²) in [6.45, 7) is 0. The summed E-state index contributed by atoms with van der Waals surface area (Å²) in [5.41, 5.74) is 0. The third-order valence-electron chi connectivity index (χ3n) is 0.774. The van der Waals surface area contributed by atoms with E-state index in [2.05, 4.69) is 9.98 Å². The van der Waals surface area contributed by atoms with Gasteiger partial charge in [-0.25, -0.2) is 4.99 Å². The number of hydrogen-bond acceptors (Lipinski definition) is 5. The van der Waals surface area contributed by atoms with Crippen molar-refractivity contribution in [3.8, 4) is 0 Å². The van der Waals surface area contributed by atoms with E-state index < -0.39 is 0 Å². The van der Waals surface area contributed by atoms with Crippen LogP contribution in [0.3, 0.4) is 0 Å². The Hall–Kier alpha value is -0.750. The molecule has 0 amide bonds. The third-order valence-corrected chi connectivity index (χ3v) is 2.56. The average molecular weight is 189 g/mol. The molecule has 11 heavy (non-hydrogen) atoms. The predicted octanol–water partition coefficient (Wildman–Crippen LogP) is 0.786. The maximum Gasteiger partial charge on any atom is 0.339 e. The van der Waals surface area contributed by atoms with Crippen molar-refractivity contribution >= 4 is 32.2 Å². The van der Waals surface area contributed by atoms with Gasteiger partial charge >= 0.3 is 4.87 Å². The summed E-state index contributed by atoms with van der Waals surface area (Å²) >= 11 is 0. The quantitative estimate of drug-likeness (QED) is 0.392. The van der Waals surface area contributed by atoms with Crippen LogP contribution in [-0.2, 0) is 0 Å². The first-order valence-electron chi connectivity index (χ1n) is 2.86. The van der Waals surface area contributed by atoms with Gasteiger partial charge in [-0.2, -0.15) is 4.98 Å². The zero-order valence-electron chi connectivity index (χ0n) is 6.14. The minimum Gasteiger partial charge on any atom is -0.369 e. The summed E-state index contributed by atoms with van der Waals surface area (Å²) in [7, 11) is 6.10. The molecule has 60 valence electrons. The van der Waals surface area contributed by atoms with Crippen molar-refractivity contribution in [1.29, 1.82) is 0 Å². The van der Waals surface area contributed by atoms with Crippen LogP contribution in [0.2, 0.25) is 0 Å². The van der Waals surface area contributed by atoms with E-state index in [1.165, 1.54) is 10.3 Å². The fraction of sp³-hybridized carbons (Fsp3) is 0.400. The normalized spacial score (nSPS) is 10.7. The summed E-state index contributed by atoms with van der Waals surface area (Å²) in [6.07, 6.45) is 1.62. The Bertz CT molecular complexity index is 301. The van der Waals surface area contributed by atoms with E-state index in [0.717, 1.165) is 10.3 Å². The molecular weight excluding hydrogens is 182 g/mol. The Balaban J connectivity index is 2.72. The molecule has 0 aliphatic carbocycles. The molecule has 6 heteroatoms. The van der Waals surface area contributed by atoms with Gasteiger partial charge in [-0.3, -0.25) is 4.79 Å². The molecule has 0 saturated heterocycles. The van der Waals surface area contributed by atoms with Crippen molar-refractivity contribution in [2.45, 2.75) is 0 Å². The second kappa shape index (κ2) is 3.59. The molecule has 0 fully saturated rings. The molecule has 0 spiro atoms. The Labute approximate surface area is 71.2 Å². The first kappa shape index (κ1) is 8.35. The molecule has 1 aromatic heterocycles. The fourth-order valence-corrected chi connectivity index (χ4v) is 1.73. The molecule has 0 aliphatic heterocycles. The van der Waals surface area contributed by atoms with E-state index in [1.54, 1.807) is 11.2 Å². The zero-order valence-corrected chi connectivity index (χ0v) is 7.78. The second-order valence-corrected chi connectivity index (χ2v) is 4.08. The van der Waals surface area contributed by atoms with Gasteiger partial charge in [0.25, 0.3) is 0 Å². The van der Waals surface area contributed by atoms with Crippen molar-refractivity contribution in [1.82, 2.24) is 9.88 Å². The van der Waals surface area contributed by atoms with E-state index in [-0.39, 0.29) is 4.87 Å². The summed E-state index contributed by atoms with van der Waals surface area (Å²) in [6, 6.07) is 0. The highest BCUT2D eigenvalue weighted by molar-refractivity contribution is 7.69. The van der Waals surface area contributed by atoms with Crippen LogP contribution in [0.25, 0.3) is 0 Å². The number of hydrogen-bond donors (Lipinski definition) is 0. The highest BCUT2D eigenvalue weighted by atomic mass is 32.9. The highest BCUT2D eigenvalue weighted by Gasteiger charge is 1.94. The summed E-state index contributed by atoms with van der Waals surface area (Å²) in [5, 5.41) is 0.522. The lowest BCUT2D eigenvalue weighted by atomic mass is 10.9. The molecule has 0 N–H and O–H groups in total. The van der Waals surface area contributed by atoms with E-state index >= 15 is 0 Å². The van der Waals surface area contributed by atoms with E-state index in [9.17, 15) is 4.79 Å². The minimum absolute atomic E-state index is 0.180. The van der Waals surface area contributed by atoms with Crippen molar-refractivity contribution < 1.29 is 0 Å². The molecule has 1 rings (SSSR count). The van der Waals surface area contributed by atoms with Crippen LogP contribution in [0.5, 0.6) is 0 Å². The van der Waals surface area contributed by atoms with Gasteiger partial charge in [-0.05, 0) is 20.7 Å². The number of rotatable bonds is 2. The smallest absolute Gasteiger partial charge is 0.339 e. The summed E-state index contributed by atoms with van der Waals surface area (Å²) in [4.78, 5) is 19.8. The second-order valence-electron chi connectivity index (χ2n) is 2.04. The Morgan fingerprint density at radius 1 is 1.55 bits per heavy atom. The highest BCUT2D eigenvalue weighted by Crippen LogP contribution is 2.15. The molecule has 0 unspecified atom stereocenters. The van der Waals surface area contributed by atoms with Crippen LogP contribution >= 0.6 is 20.7 Å². The van der Waals surface area contributed by atoms with Crippen LogP contribution in [-0.4, -0.2) is 30.3 Å². The third kappa shape index (κ3) is 2.77. The topological polar surface area (TPSA) is 45.6 Å². The van der Waals surface area contributed by atoms with Gasteiger partial charge in [0.15, 0.2) is 0 Å².